The number of rotatable bonds is 7. The van der Waals surface area contributed by atoms with Gasteiger partial charge in [-0.1, -0.05) is 80.6 Å². The van der Waals surface area contributed by atoms with Crippen LogP contribution in [0.15, 0.2) is 83.7 Å². The molecule has 0 spiro atoms. The zero-order valence-corrected chi connectivity index (χ0v) is 18.5. The number of aryl methyl sites for hydroxylation is 2. The summed E-state index contributed by atoms with van der Waals surface area (Å²) in [4.78, 5) is 18.5. The maximum absolute atomic E-state index is 13.7. The standard InChI is InChI=1S/C28H27FN2O/c1-3-8-26-30-25(4-2)27(23-15-17-24(29)18-16-23)28(32)31(26)19-20-11-13-22(14-12-20)21-9-6-5-7-10-21/h5-7,9-18H,3-4,8,19H2,1-2H3. The molecule has 0 amide bonds. The minimum atomic E-state index is -0.318. The van der Waals surface area contributed by atoms with E-state index in [-0.39, 0.29) is 11.4 Å². The van der Waals surface area contributed by atoms with Crippen molar-refractivity contribution >= 4 is 0 Å². The summed E-state index contributed by atoms with van der Waals surface area (Å²) in [5.74, 6) is 0.480. The summed E-state index contributed by atoms with van der Waals surface area (Å²) in [7, 11) is 0. The van der Waals surface area contributed by atoms with Crippen LogP contribution >= 0.6 is 0 Å². The van der Waals surface area contributed by atoms with Crippen molar-refractivity contribution in [3.05, 3.63) is 112 Å². The van der Waals surface area contributed by atoms with Crippen molar-refractivity contribution in [2.75, 3.05) is 0 Å². The van der Waals surface area contributed by atoms with Gasteiger partial charge in [0.15, 0.2) is 0 Å². The van der Waals surface area contributed by atoms with Crippen molar-refractivity contribution in [3.8, 4) is 22.3 Å². The maximum Gasteiger partial charge on any atom is 0.261 e. The average Bonchev–Trinajstić information content (AvgIpc) is 2.83. The number of halogens is 1. The molecule has 0 bridgehead atoms. The van der Waals surface area contributed by atoms with E-state index in [4.69, 9.17) is 4.98 Å². The van der Waals surface area contributed by atoms with E-state index in [0.717, 1.165) is 41.1 Å². The van der Waals surface area contributed by atoms with Gasteiger partial charge in [0.25, 0.3) is 5.56 Å². The Labute approximate surface area is 188 Å². The molecule has 0 saturated carbocycles. The Morgan fingerprint density at radius 2 is 1.44 bits per heavy atom. The molecule has 3 aromatic carbocycles. The SMILES string of the molecule is CCCc1nc(CC)c(-c2ccc(F)cc2)c(=O)n1Cc1ccc(-c2ccccc2)cc1. The van der Waals surface area contributed by atoms with Gasteiger partial charge in [-0.2, -0.15) is 0 Å². The topological polar surface area (TPSA) is 34.9 Å². The van der Waals surface area contributed by atoms with Crippen molar-refractivity contribution in [1.82, 2.24) is 9.55 Å². The number of hydrogen-bond donors (Lipinski definition) is 0. The molecule has 1 heterocycles. The molecule has 3 nitrogen and oxygen atoms in total. The molecular weight excluding hydrogens is 399 g/mol. The fourth-order valence-electron chi connectivity index (χ4n) is 4.00. The first-order valence-corrected chi connectivity index (χ1v) is 11.1. The molecule has 0 aliphatic carbocycles. The van der Waals surface area contributed by atoms with Gasteiger partial charge in [0, 0.05) is 6.42 Å². The third-order valence-electron chi connectivity index (χ3n) is 5.67. The molecule has 0 atom stereocenters. The lowest BCUT2D eigenvalue weighted by molar-refractivity contribution is 0.627. The molecule has 0 aliphatic rings. The van der Waals surface area contributed by atoms with Gasteiger partial charge in [-0.3, -0.25) is 9.36 Å². The first-order valence-electron chi connectivity index (χ1n) is 11.1. The summed E-state index contributed by atoms with van der Waals surface area (Å²) in [6.45, 7) is 4.54. The Kier molecular flexibility index (Phi) is 6.60. The van der Waals surface area contributed by atoms with Crippen molar-refractivity contribution < 1.29 is 4.39 Å². The van der Waals surface area contributed by atoms with Crippen LogP contribution in [-0.2, 0) is 19.4 Å². The molecule has 0 N–H and O–H groups in total. The van der Waals surface area contributed by atoms with Crippen LogP contribution in [0.1, 0.15) is 37.4 Å². The van der Waals surface area contributed by atoms with Crippen LogP contribution in [0.5, 0.6) is 0 Å². The van der Waals surface area contributed by atoms with E-state index in [0.29, 0.717) is 24.1 Å². The summed E-state index contributed by atoms with van der Waals surface area (Å²) in [5, 5.41) is 0. The number of benzene rings is 3. The van der Waals surface area contributed by atoms with E-state index in [2.05, 4.69) is 43.3 Å². The highest BCUT2D eigenvalue weighted by Crippen LogP contribution is 2.23. The Bertz CT molecular complexity index is 1240. The van der Waals surface area contributed by atoms with Crippen LogP contribution < -0.4 is 5.56 Å². The molecular formula is C28H27FN2O. The monoisotopic (exact) mass is 426 g/mol. The number of hydrogen-bond acceptors (Lipinski definition) is 2. The highest BCUT2D eigenvalue weighted by molar-refractivity contribution is 5.65. The van der Waals surface area contributed by atoms with Crippen LogP contribution in [0.25, 0.3) is 22.3 Å². The third-order valence-corrected chi connectivity index (χ3v) is 5.67. The maximum atomic E-state index is 13.7. The molecule has 0 fully saturated rings. The Balaban J connectivity index is 1.76. The van der Waals surface area contributed by atoms with Gasteiger partial charge in [-0.15, -0.1) is 0 Å². The highest BCUT2D eigenvalue weighted by Gasteiger charge is 2.17. The summed E-state index contributed by atoms with van der Waals surface area (Å²) < 4.78 is 15.2. The molecule has 0 saturated heterocycles. The molecule has 162 valence electrons. The van der Waals surface area contributed by atoms with Crippen LogP contribution in [0, 0.1) is 5.82 Å². The summed E-state index contributed by atoms with van der Waals surface area (Å²) in [5.41, 5.74) is 5.31. The van der Waals surface area contributed by atoms with Gasteiger partial charge in [-0.25, -0.2) is 9.37 Å². The van der Waals surface area contributed by atoms with E-state index < -0.39 is 0 Å². The van der Waals surface area contributed by atoms with E-state index in [1.807, 2.05) is 25.1 Å². The van der Waals surface area contributed by atoms with Crippen molar-refractivity contribution in [2.45, 2.75) is 39.7 Å². The van der Waals surface area contributed by atoms with E-state index in [9.17, 15) is 9.18 Å². The van der Waals surface area contributed by atoms with Gasteiger partial charge in [0.05, 0.1) is 17.8 Å². The molecule has 0 aliphatic heterocycles. The van der Waals surface area contributed by atoms with Gasteiger partial charge in [0.2, 0.25) is 0 Å². The summed E-state index contributed by atoms with van der Waals surface area (Å²) in [6, 6.07) is 24.6. The molecule has 0 radical (unpaired) electrons. The first-order chi connectivity index (χ1) is 15.6. The number of aromatic nitrogens is 2. The minimum absolute atomic E-state index is 0.0703. The highest BCUT2D eigenvalue weighted by atomic mass is 19.1. The molecule has 32 heavy (non-hydrogen) atoms. The van der Waals surface area contributed by atoms with E-state index in [1.165, 1.54) is 12.1 Å². The van der Waals surface area contributed by atoms with E-state index >= 15 is 0 Å². The van der Waals surface area contributed by atoms with Crippen LogP contribution in [0.4, 0.5) is 4.39 Å². The second-order valence-electron chi connectivity index (χ2n) is 7.91. The first kappa shape index (κ1) is 21.7. The Morgan fingerprint density at radius 1 is 0.812 bits per heavy atom. The zero-order valence-electron chi connectivity index (χ0n) is 18.5. The normalized spacial score (nSPS) is 11.0. The van der Waals surface area contributed by atoms with Gasteiger partial charge < -0.3 is 0 Å². The lowest BCUT2D eigenvalue weighted by Crippen LogP contribution is -2.29. The lowest BCUT2D eigenvalue weighted by atomic mass is 10.0. The Morgan fingerprint density at radius 3 is 2.06 bits per heavy atom. The van der Waals surface area contributed by atoms with Crippen molar-refractivity contribution in [2.24, 2.45) is 0 Å². The molecule has 0 unspecified atom stereocenters. The predicted molar refractivity (Wildman–Crippen MR) is 128 cm³/mol. The fourth-order valence-corrected chi connectivity index (χ4v) is 4.00. The smallest absolute Gasteiger partial charge is 0.261 e. The van der Waals surface area contributed by atoms with Crippen LogP contribution in [0.3, 0.4) is 0 Å². The van der Waals surface area contributed by atoms with Gasteiger partial charge >= 0.3 is 0 Å². The largest absolute Gasteiger partial charge is 0.292 e. The second kappa shape index (κ2) is 9.73. The van der Waals surface area contributed by atoms with Crippen LogP contribution in [-0.4, -0.2) is 9.55 Å². The number of nitrogens with zero attached hydrogens (tertiary/aromatic N) is 2. The summed E-state index contributed by atoms with van der Waals surface area (Å²) >= 11 is 0. The van der Waals surface area contributed by atoms with Crippen molar-refractivity contribution in [1.29, 1.82) is 0 Å². The Hall–Kier alpha value is -3.53. The fraction of sp³-hybridized carbons (Fsp3) is 0.214. The van der Waals surface area contributed by atoms with E-state index in [1.54, 1.807) is 16.7 Å². The van der Waals surface area contributed by atoms with Gasteiger partial charge in [-0.05, 0) is 47.2 Å². The molecule has 4 heteroatoms. The minimum Gasteiger partial charge on any atom is -0.292 e. The quantitative estimate of drug-likeness (QED) is 0.349. The third kappa shape index (κ3) is 4.54. The second-order valence-corrected chi connectivity index (χ2v) is 7.91. The zero-order chi connectivity index (χ0) is 22.5. The van der Waals surface area contributed by atoms with Crippen LogP contribution in [0.2, 0.25) is 0 Å². The van der Waals surface area contributed by atoms with Gasteiger partial charge in [0.1, 0.15) is 11.6 Å². The molecule has 1 aromatic heterocycles. The predicted octanol–water partition coefficient (Wildman–Crippen LogP) is 6.28. The molecule has 4 rings (SSSR count). The summed E-state index contributed by atoms with van der Waals surface area (Å²) in [6.07, 6.45) is 2.28. The molecule has 4 aromatic rings. The lowest BCUT2D eigenvalue weighted by Gasteiger charge is -2.17. The average molecular weight is 427 g/mol. The van der Waals surface area contributed by atoms with Crippen molar-refractivity contribution in [3.63, 3.8) is 0 Å².